The van der Waals surface area contributed by atoms with Crippen LogP contribution in [0.2, 0.25) is 0 Å². The molecule has 3 nitrogen and oxygen atoms in total. The SMILES string of the molecule is Cc1ccc(Oc2ccc(Br)cc2C(=N)N)cc1. The maximum atomic E-state index is 7.55. The molecule has 0 amide bonds. The molecule has 0 aliphatic heterocycles. The predicted octanol–water partition coefficient (Wildman–Crippen LogP) is 3.83. The Hall–Kier alpha value is -1.81. The lowest BCUT2D eigenvalue weighted by molar-refractivity contribution is 0.481. The summed E-state index contributed by atoms with van der Waals surface area (Å²) in [6, 6.07) is 13.1. The van der Waals surface area contributed by atoms with Gasteiger partial charge in [-0.1, -0.05) is 33.6 Å². The van der Waals surface area contributed by atoms with Crippen molar-refractivity contribution >= 4 is 21.8 Å². The number of nitrogen functional groups attached to an aromatic ring is 1. The van der Waals surface area contributed by atoms with Crippen LogP contribution in [-0.4, -0.2) is 5.84 Å². The molecular weight excluding hydrogens is 292 g/mol. The lowest BCUT2D eigenvalue weighted by Gasteiger charge is -2.10. The molecule has 4 heteroatoms. The molecule has 0 bridgehead atoms. The van der Waals surface area contributed by atoms with E-state index in [1.54, 1.807) is 12.1 Å². The first-order valence-corrected chi connectivity index (χ1v) is 6.24. The molecule has 0 aliphatic rings. The molecule has 0 atom stereocenters. The van der Waals surface area contributed by atoms with E-state index in [9.17, 15) is 0 Å². The van der Waals surface area contributed by atoms with E-state index in [1.165, 1.54) is 5.56 Å². The van der Waals surface area contributed by atoms with Crippen LogP contribution < -0.4 is 10.5 Å². The van der Waals surface area contributed by atoms with Gasteiger partial charge in [-0.15, -0.1) is 0 Å². The van der Waals surface area contributed by atoms with Crippen LogP contribution in [0.25, 0.3) is 0 Å². The van der Waals surface area contributed by atoms with Gasteiger partial charge >= 0.3 is 0 Å². The molecule has 0 aliphatic carbocycles. The van der Waals surface area contributed by atoms with Crippen molar-refractivity contribution in [3.63, 3.8) is 0 Å². The molecule has 92 valence electrons. The van der Waals surface area contributed by atoms with E-state index in [1.807, 2.05) is 37.3 Å². The second kappa shape index (κ2) is 5.23. The zero-order valence-electron chi connectivity index (χ0n) is 9.91. The standard InChI is InChI=1S/C14H13BrN2O/c1-9-2-5-11(6-3-9)18-13-7-4-10(15)8-12(13)14(16)17/h2-8H,1H3,(H3,16,17). The van der Waals surface area contributed by atoms with Crippen LogP contribution >= 0.6 is 15.9 Å². The summed E-state index contributed by atoms with van der Waals surface area (Å²) < 4.78 is 6.60. The molecule has 0 spiro atoms. The summed E-state index contributed by atoms with van der Waals surface area (Å²) >= 11 is 3.35. The number of amidine groups is 1. The van der Waals surface area contributed by atoms with Crippen molar-refractivity contribution in [2.75, 3.05) is 0 Å². The molecule has 0 unspecified atom stereocenters. The Morgan fingerprint density at radius 3 is 2.44 bits per heavy atom. The lowest BCUT2D eigenvalue weighted by Crippen LogP contribution is -2.12. The van der Waals surface area contributed by atoms with Gasteiger partial charge in [0, 0.05) is 4.47 Å². The van der Waals surface area contributed by atoms with Gasteiger partial charge in [0.25, 0.3) is 0 Å². The highest BCUT2D eigenvalue weighted by Crippen LogP contribution is 2.27. The minimum Gasteiger partial charge on any atom is -0.457 e. The van der Waals surface area contributed by atoms with Gasteiger partial charge in [0.2, 0.25) is 0 Å². The third-order valence-corrected chi connectivity index (χ3v) is 2.97. The first kappa shape index (κ1) is 12.6. The van der Waals surface area contributed by atoms with Crippen molar-refractivity contribution in [1.29, 1.82) is 5.41 Å². The molecule has 0 saturated carbocycles. The van der Waals surface area contributed by atoms with E-state index < -0.39 is 0 Å². The summed E-state index contributed by atoms with van der Waals surface area (Å²) in [4.78, 5) is 0. The summed E-state index contributed by atoms with van der Waals surface area (Å²) in [5.74, 6) is 1.29. The van der Waals surface area contributed by atoms with Crippen LogP contribution in [-0.2, 0) is 0 Å². The lowest BCUT2D eigenvalue weighted by atomic mass is 10.2. The predicted molar refractivity (Wildman–Crippen MR) is 76.4 cm³/mol. The number of benzene rings is 2. The molecule has 3 N–H and O–H groups in total. The topological polar surface area (TPSA) is 59.1 Å². The number of hydrogen-bond donors (Lipinski definition) is 2. The third-order valence-electron chi connectivity index (χ3n) is 2.48. The molecule has 18 heavy (non-hydrogen) atoms. The Morgan fingerprint density at radius 2 is 1.83 bits per heavy atom. The van der Waals surface area contributed by atoms with Gasteiger partial charge in [-0.05, 0) is 37.3 Å². The Balaban J connectivity index is 2.34. The number of halogens is 1. The van der Waals surface area contributed by atoms with Crippen molar-refractivity contribution in [3.8, 4) is 11.5 Å². The number of nitrogens with one attached hydrogen (secondary N) is 1. The molecule has 2 aromatic carbocycles. The Kier molecular flexibility index (Phi) is 3.67. The Bertz CT molecular complexity index is 579. The van der Waals surface area contributed by atoms with Gasteiger partial charge in [0.15, 0.2) is 0 Å². The summed E-state index contributed by atoms with van der Waals surface area (Å²) in [5, 5.41) is 7.55. The molecule has 0 saturated heterocycles. The normalized spacial score (nSPS) is 10.1. The highest BCUT2D eigenvalue weighted by Gasteiger charge is 2.08. The van der Waals surface area contributed by atoms with Crippen molar-refractivity contribution in [2.24, 2.45) is 5.73 Å². The number of nitrogens with two attached hydrogens (primary N) is 1. The number of ether oxygens (including phenoxy) is 1. The van der Waals surface area contributed by atoms with Crippen LogP contribution in [0.1, 0.15) is 11.1 Å². The first-order valence-electron chi connectivity index (χ1n) is 5.45. The fourth-order valence-electron chi connectivity index (χ4n) is 1.53. The molecule has 0 fully saturated rings. The second-order valence-corrected chi connectivity index (χ2v) is 4.88. The highest BCUT2D eigenvalue weighted by atomic mass is 79.9. The van der Waals surface area contributed by atoms with Gasteiger partial charge in [-0.3, -0.25) is 5.41 Å². The van der Waals surface area contributed by atoms with Crippen LogP contribution in [0.4, 0.5) is 0 Å². The Labute approximate surface area is 114 Å². The molecule has 0 radical (unpaired) electrons. The van der Waals surface area contributed by atoms with Crippen LogP contribution in [0.15, 0.2) is 46.9 Å². The number of aryl methyl sites for hydroxylation is 1. The van der Waals surface area contributed by atoms with Gasteiger partial charge in [0.05, 0.1) is 5.56 Å². The van der Waals surface area contributed by atoms with Crippen LogP contribution in [0, 0.1) is 12.3 Å². The molecule has 2 aromatic rings. The van der Waals surface area contributed by atoms with E-state index in [0.29, 0.717) is 11.3 Å². The highest BCUT2D eigenvalue weighted by molar-refractivity contribution is 9.10. The zero-order valence-corrected chi connectivity index (χ0v) is 11.5. The maximum Gasteiger partial charge on any atom is 0.138 e. The number of rotatable bonds is 3. The van der Waals surface area contributed by atoms with Gasteiger partial charge in [-0.2, -0.15) is 0 Å². The van der Waals surface area contributed by atoms with Gasteiger partial charge < -0.3 is 10.5 Å². The van der Waals surface area contributed by atoms with Crippen LogP contribution in [0.5, 0.6) is 11.5 Å². The van der Waals surface area contributed by atoms with Crippen molar-refractivity contribution in [3.05, 3.63) is 58.1 Å². The van der Waals surface area contributed by atoms with E-state index in [-0.39, 0.29) is 5.84 Å². The minimum atomic E-state index is -0.0154. The summed E-state index contributed by atoms with van der Waals surface area (Å²) in [5.41, 5.74) is 7.29. The summed E-state index contributed by atoms with van der Waals surface area (Å²) in [7, 11) is 0. The number of hydrogen-bond acceptors (Lipinski definition) is 2. The van der Waals surface area contributed by atoms with Crippen molar-refractivity contribution < 1.29 is 4.74 Å². The third kappa shape index (κ3) is 2.90. The fourth-order valence-corrected chi connectivity index (χ4v) is 1.90. The largest absolute Gasteiger partial charge is 0.457 e. The van der Waals surface area contributed by atoms with Gasteiger partial charge in [0.1, 0.15) is 17.3 Å². The molecule has 0 aromatic heterocycles. The van der Waals surface area contributed by atoms with E-state index in [2.05, 4.69) is 15.9 Å². The molecule has 0 heterocycles. The Morgan fingerprint density at radius 1 is 1.17 bits per heavy atom. The summed E-state index contributed by atoms with van der Waals surface area (Å²) in [6.45, 7) is 2.02. The zero-order chi connectivity index (χ0) is 13.1. The van der Waals surface area contributed by atoms with Crippen LogP contribution in [0.3, 0.4) is 0 Å². The average Bonchev–Trinajstić information content (AvgIpc) is 2.34. The fraction of sp³-hybridized carbons (Fsp3) is 0.0714. The average molecular weight is 305 g/mol. The monoisotopic (exact) mass is 304 g/mol. The van der Waals surface area contributed by atoms with E-state index in [0.717, 1.165) is 10.2 Å². The molecule has 2 rings (SSSR count). The van der Waals surface area contributed by atoms with Crippen molar-refractivity contribution in [1.82, 2.24) is 0 Å². The smallest absolute Gasteiger partial charge is 0.138 e. The van der Waals surface area contributed by atoms with Gasteiger partial charge in [-0.25, -0.2) is 0 Å². The maximum absolute atomic E-state index is 7.55. The second-order valence-electron chi connectivity index (χ2n) is 3.97. The minimum absolute atomic E-state index is 0.0154. The molecular formula is C14H13BrN2O. The first-order chi connectivity index (χ1) is 8.56. The van der Waals surface area contributed by atoms with E-state index in [4.69, 9.17) is 15.9 Å². The summed E-state index contributed by atoms with van der Waals surface area (Å²) in [6.07, 6.45) is 0. The quantitative estimate of drug-likeness (QED) is 0.668. The van der Waals surface area contributed by atoms with Crippen molar-refractivity contribution in [2.45, 2.75) is 6.92 Å². The van der Waals surface area contributed by atoms with E-state index >= 15 is 0 Å².